The average molecular weight is 475 g/mol. The van der Waals surface area contributed by atoms with Crippen LogP contribution in [-0.4, -0.2) is 27.9 Å². The molecule has 1 aliphatic heterocycles. The summed E-state index contributed by atoms with van der Waals surface area (Å²) >= 11 is 12.3. The number of carbonyl (C=O) groups is 1. The maximum atomic E-state index is 13.6. The zero-order chi connectivity index (χ0) is 22.9. The van der Waals surface area contributed by atoms with E-state index in [1.165, 1.54) is 0 Å². The van der Waals surface area contributed by atoms with Gasteiger partial charge < -0.3 is 4.90 Å². The number of aliphatic imine (C=N–C) groups is 1. The smallest absolute Gasteiger partial charge is 0.278 e. The number of benzene rings is 3. The largest absolute Gasteiger partial charge is 0.305 e. The molecule has 0 spiro atoms. The van der Waals surface area contributed by atoms with Gasteiger partial charge in [-0.3, -0.25) is 9.48 Å². The van der Waals surface area contributed by atoms with Gasteiger partial charge in [-0.2, -0.15) is 5.10 Å². The van der Waals surface area contributed by atoms with Crippen LogP contribution in [0, 0.1) is 0 Å². The van der Waals surface area contributed by atoms with Crippen LogP contribution >= 0.6 is 23.2 Å². The number of hydrogen-bond acceptors (Lipinski definition) is 3. The van der Waals surface area contributed by atoms with Crippen LogP contribution in [0.15, 0.2) is 90.1 Å². The van der Waals surface area contributed by atoms with Crippen molar-refractivity contribution in [3.05, 3.63) is 112 Å². The Morgan fingerprint density at radius 1 is 0.939 bits per heavy atom. The minimum absolute atomic E-state index is 0.0343. The maximum Gasteiger partial charge on any atom is 0.278 e. The van der Waals surface area contributed by atoms with Crippen molar-refractivity contribution in [1.82, 2.24) is 9.78 Å². The zero-order valence-corrected chi connectivity index (χ0v) is 19.3. The highest BCUT2D eigenvalue weighted by atomic mass is 35.5. The molecule has 164 valence electrons. The molecule has 7 heteroatoms. The van der Waals surface area contributed by atoms with Crippen LogP contribution in [0.5, 0.6) is 0 Å². The Bertz CT molecular complexity index is 1310. The number of aromatic nitrogens is 2. The maximum absolute atomic E-state index is 13.6. The summed E-state index contributed by atoms with van der Waals surface area (Å²) in [7, 11) is 0. The molecule has 0 N–H and O–H groups in total. The fourth-order valence-corrected chi connectivity index (χ4v) is 4.31. The molecule has 5 rings (SSSR count). The highest BCUT2D eigenvalue weighted by Gasteiger charge is 2.34. The van der Waals surface area contributed by atoms with Crippen molar-refractivity contribution in [2.24, 2.45) is 4.99 Å². The van der Waals surface area contributed by atoms with Gasteiger partial charge in [0.15, 0.2) is 5.69 Å². The fraction of sp³-hybridized carbons (Fsp3) is 0.115. The zero-order valence-electron chi connectivity index (χ0n) is 17.8. The van der Waals surface area contributed by atoms with E-state index in [0.29, 0.717) is 33.7 Å². The highest BCUT2D eigenvalue weighted by Crippen LogP contribution is 2.34. The average Bonchev–Trinajstić information content (AvgIpc) is 3.27. The van der Waals surface area contributed by atoms with Crippen molar-refractivity contribution < 1.29 is 4.79 Å². The first kappa shape index (κ1) is 21.4. The number of amides is 1. The molecule has 2 heterocycles. The molecule has 0 unspecified atom stereocenters. The molecule has 0 aliphatic carbocycles. The standard InChI is InChI=1S/C26H20Cl2N4O/c1-17-16-31(20-12-13-21(27)22(28)14-20)26(33)25-23(15-29-32(17)25)30-24(18-8-4-2-5-9-18)19-10-6-3-7-11-19/h2-15,17H,16H2,1H3/t17-/m0/s1. The van der Waals surface area contributed by atoms with Crippen LogP contribution in [0.25, 0.3) is 0 Å². The van der Waals surface area contributed by atoms with E-state index in [1.54, 1.807) is 34.0 Å². The Morgan fingerprint density at radius 3 is 2.18 bits per heavy atom. The molecular weight excluding hydrogens is 455 g/mol. The molecule has 5 nitrogen and oxygen atoms in total. The van der Waals surface area contributed by atoms with Gasteiger partial charge in [0.1, 0.15) is 5.69 Å². The van der Waals surface area contributed by atoms with Gasteiger partial charge in [0.05, 0.1) is 28.0 Å². The SMILES string of the molecule is C[C@H]1CN(c2ccc(Cl)c(Cl)c2)C(=O)c2c(N=C(c3ccccc3)c3ccccc3)cnn21. The van der Waals surface area contributed by atoms with Crippen LogP contribution in [0.4, 0.5) is 11.4 Å². The number of anilines is 1. The van der Waals surface area contributed by atoms with Crippen molar-refractivity contribution in [3.8, 4) is 0 Å². The molecule has 1 aromatic heterocycles. The second-order valence-electron chi connectivity index (χ2n) is 7.88. The first-order valence-corrected chi connectivity index (χ1v) is 11.3. The van der Waals surface area contributed by atoms with Gasteiger partial charge >= 0.3 is 0 Å². The first-order chi connectivity index (χ1) is 16.0. The van der Waals surface area contributed by atoms with E-state index >= 15 is 0 Å². The molecule has 0 radical (unpaired) electrons. The molecule has 0 saturated heterocycles. The first-order valence-electron chi connectivity index (χ1n) is 10.6. The summed E-state index contributed by atoms with van der Waals surface area (Å²) in [5, 5.41) is 5.36. The summed E-state index contributed by atoms with van der Waals surface area (Å²) in [5.41, 5.74) is 4.36. The monoisotopic (exact) mass is 474 g/mol. The lowest BCUT2D eigenvalue weighted by Gasteiger charge is -2.32. The van der Waals surface area contributed by atoms with Crippen LogP contribution in [0.2, 0.25) is 10.0 Å². The minimum atomic E-state index is -0.178. The molecule has 0 saturated carbocycles. The summed E-state index contributed by atoms with van der Waals surface area (Å²) in [4.78, 5) is 20.3. The predicted octanol–water partition coefficient (Wildman–Crippen LogP) is 6.58. The third-order valence-corrected chi connectivity index (χ3v) is 6.37. The lowest BCUT2D eigenvalue weighted by molar-refractivity contribution is 0.0954. The van der Waals surface area contributed by atoms with E-state index in [0.717, 1.165) is 16.8 Å². The van der Waals surface area contributed by atoms with Crippen LogP contribution in [0.1, 0.15) is 34.6 Å². The second kappa shape index (κ2) is 8.85. The Morgan fingerprint density at radius 2 is 1.58 bits per heavy atom. The number of rotatable bonds is 4. The van der Waals surface area contributed by atoms with Gasteiger partial charge in [-0.1, -0.05) is 83.9 Å². The third kappa shape index (κ3) is 4.06. The summed E-state index contributed by atoms with van der Waals surface area (Å²) < 4.78 is 1.75. The predicted molar refractivity (Wildman–Crippen MR) is 133 cm³/mol. The van der Waals surface area contributed by atoms with Gasteiger partial charge in [-0.05, 0) is 25.1 Å². The topological polar surface area (TPSA) is 50.5 Å². The van der Waals surface area contributed by atoms with E-state index in [4.69, 9.17) is 28.2 Å². The van der Waals surface area contributed by atoms with E-state index in [-0.39, 0.29) is 11.9 Å². The molecule has 1 atom stereocenters. The summed E-state index contributed by atoms with van der Waals surface area (Å²) in [6.45, 7) is 2.50. The van der Waals surface area contributed by atoms with E-state index in [1.807, 2.05) is 67.6 Å². The van der Waals surface area contributed by atoms with Gasteiger partial charge in [0.25, 0.3) is 5.91 Å². The molecule has 33 heavy (non-hydrogen) atoms. The van der Waals surface area contributed by atoms with Crippen LogP contribution < -0.4 is 4.90 Å². The van der Waals surface area contributed by atoms with E-state index in [9.17, 15) is 4.79 Å². The molecular formula is C26H20Cl2N4O. The molecule has 1 amide bonds. The minimum Gasteiger partial charge on any atom is -0.305 e. The lowest BCUT2D eigenvalue weighted by atomic mass is 10.0. The lowest BCUT2D eigenvalue weighted by Crippen LogP contribution is -2.42. The summed E-state index contributed by atoms with van der Waals surface area (Å²) in [6, 6.07) is 25.0. The number of halogens is 2. The normalized spacial score (nSPS) is 15.3. The van der Waals surface area contributed by atoms with Crippen LogP contribution in [0.3, 0.4) is 0 Å². The number of fused-ring (bicyclic) bond motifs is 1. The molecule has 0 fully saturated rings. The van der Waals surface area contributed by atoms with Crippen molar-refractivity contribution >= 4 is 46.2 Å². The van der Waals surface area contributed by atoms with Crippen molar-refractivity contribution in [3.63, 3.8) is 0 Å². The Hall–Kier alpha value is -3.41. The Kier molecular flexibility index (Phi) is 5.75. The second-order valence-corrected chi connectivity index (χ2v) is 8.69. The quantitative estimate of drug-likeness (QED) is 0.313. The number of hydrogen-bond donors (Lipinski definition) is 0. The Labute approximate surface area is 201 Å². The van der Waals surface area contributed by atoms with Gasteiger partial charge in [-0.25, -0.2) is 4.99 Å². The third-order valence-electron chi connectivity index (χ3n) is 5.63. The van der Waals surface area contributed by atoms with E-state index < -0.39 is 0 Å². The highest BCUT2D eigenvalue weighted by molar-refractivity contribution is 6.42. The van der Waals surface area contributed by atoms with Crippen molar-refractivity contribution in [2.75, 3.05) is 11.4 Å². The molecule has 3 aromatic carbocycles. The number of nitrogens with zero attached hydrogens (tertiary/aromatic N) is 4. The van der Waals surface area contributed by atoms with Gasteiger partial charge in [0, 0.05) is 23.4 Å². The fourth-order valence-electron chi connectivity index (χ4n) is 4.01. The Balaban J connectivity index is 1.62. The summed E-state index contributed by atoms with van der Waals surface area (Å²) in [6.07, 6.45) is 1.66. The van der Waals surface area contributed by atoms with Crippen molar-refractivity contribution in [1.29, 1.82) is 0 Å². The van der Waals surface area contributed by atoms with Gasteiger partial charge in [0.2, 0.25) is 0 Å². The van der Waals surface area contributed by atoms with E-state index in [2.05, 4.69) is 5.10 Å². The van der Waals surface area contributed by atoms with Crippen LogP contribution in [-0.2, 0) is 0 Å². The summed E-state index contributed by atoms with van der Waals surface area (Å²) in [5.74, 6) is -0.178. The molecule has 4 aromatic rings. The van der Waals surface area contributed by atoms with Crippen molar-refractivity contribution in [2.45, 2.75) is 13.0 Å². The van der Waals surface area contributed by atoms with Gasteiger partial charge in [-0.15, -0.1) is 0 Å². The molecule has 1 aliphatic rings. The number of carbonyl (C=O) groups excluding carboxylic acids is 1. The molecule has 0 bridgehead atoms.